The summed E-state index contributed by atoms with van der Waals surface area (Å²) in [4.78, 5) is 15.6. The van der Waals surface area contributed by atoms with Crippen LogP contribution >= 0.6 is 0 Å². The van der Waals surface area contributed by atoms with E-state index in [-0.39, 0.29) is 11.9 Å². The molecule has 4 aromatic rings. The van der Waals surface area contributed by atoms with E-state index in [9.17, 15) is 4.79 Å². The Hall–Kier alpha value is -3.67. The number of amides is 1. The highest BCUT2D eigenvalue weighted by molar-refractivity contribution is 5.95. The molecule has 6 heteroatoms. The van der Waals surface area contributed by atoms with Gasteiger partial charge in [-0.3, -0.25) is 4.79 Å². The number of benzene rings is 2. The van der Waals surface area contributed by atoms with E-state index in [2.05, 4.69) is 20.8 Å². The number of carbonyl (C=O) groups excluding carboxylic acids is 1. The van der Waals surface area contributed by atoms with Crippen molar-refractivity contribution in [1.82, 2.24) is 19.7 Å². The molecule has 1 unspecified atom stereocenters. The average Bonchev–Trinajstić information content (AvgIpc) is 3.42. The van der Waals surface area contributed by atoms with E-state index in [0.717, 1.165) is 48.9 Å². The summed E-state index contributed by atoms with van der Waals surface area (Å²) < 4.78 is 8.05. The molecule has 168 valence electrons. The zero-order valence-corrected chi connectivity index (χ0v) is 19.1. The molecule has 1 amide bonds. The van der Waals surface area contributed by atoms with E-state index < -0.39 is 0 Å². The summed E-state index contributed by atoms with van der Waals surface area (Å²) in [5.74, 6) is 1.02. The summed E-state index contributed by atoms with van der Waals surface area (Å²) in [6.45, 7) is 2.80. The van der Waals surface area contributed by atoms with Gasteiger partial charge in [0.1, 0.15) is 0 Å². The molecular formula is C27H28N4O2. The van der Waals surface area contributed by atoms with Crippen LogP contribution in [0.5, 0.6) is 0 Å². The maximum Gasteiger partial charge on any atom is 0.254 e. The number of hydrogen-bond donors (Lipinski definition) is 0. The zero-order chi connectivity index (χ0) is 22.8. The van der Waals surface area contributed by atoms with Gasteiger partial charge in [-0.2, -0.15) is 0 Å². The third kappa shape index (κ3) is 4.21. The molecule has 1 aliphatic rings. The van der Waals surface area contributed by atoms with Crippen molar-refractivity contribution in [3.63, 3.8) is 0 Å². The second-order valence-corrected chi connectivity index (χ2v) is 8.71. The molecule has 1 aliphatic heterocycles. The van der Waals surface area contributed by atoms with Gasteiger partial charge in [0.2, 0.25) is 11.8 Å². The number of carbonyl (C=O) groups is 1. The van der Waals surface area contributed by atoms with Crippen molar-refractivity contribution in [3.8, 4) is 22.9 Å². The summed E-state index contributed by atoms with van der Waals surface area (Å²) in [6, 6.07) is 19.7. The van der Waals surface area contributed by atoms with Gasteiger partial charge in [-0.1, -0.05) is 31.0 Å². The Morgan fingerprint density at radius 2 is 1.73 bits per heavy atom. The lowest BCUT2D eigenvalue weighted by molar-refractivity contribution is 0.0674. The van der Waals surface area contributed by atoms with Gasteiger partial charge in [0.25, 0.3) is 5.91 Å². The van der Waals surface area contributed by atoms with Crippen LogP contribution in [0.25, 0.3) is 22.9 Å². The number of rotatable bonds is 4. The van der Waals surface area contributed by atoms with Crippen molar-refractivity contribution in [3.05, 3.63) is 83.7 Å². The molecule has 1 atom stereocenters. The van der Waals surface area contributed by atoms with Gasteiger partial charge in [-0.05, 0) is 67.8 Å². The molecule has 6 nitrogen and oxygen atoms in total. The number of aromatic nitrogens is 3. The lowest BCUT2D eigenvalue weighted by atomic mass is 10.0. The SMILES string of the molecule is Cc1ccccc1-c1nnc(-c2ccc(C(=O)N3CCCCCC3c3cccn3C)cc2)o1. The predicted molar refractivity (Wildman–Crippen MR) is 128 cm³/mol. The van der Waals surface area contributed by atoms with Gasteiger partial charge in [0, 0.05) is 42.2 Å². The van der Waals surface area contributed by atoms with Crippen LogP contribution in [-0.2, 0) is 7.05 Å². The summed E-state index contributed by atoms with van der Waals surface area (Å²) in [6.07, 6.45) is 6.37. The fraction of sp³-hybridized carbons (Fsp3) is 0.296. The minimum absolute atomic E-state index is 0.0702. The maximum atomic E-state index is 13.5. The van der Waals surface area contributed by atoms with E-state index in [1.807, 2.05) is 79.7 Å². The van der Waals surface area contributed by atoms with Crippen LogP contribution in [-0.4, -0.2) is 32.1 Å². The van der Waals surface area contributed by atoms with Gasteiger partial charge >= 0.3 is 0 Å². The minimum atomic E-state index is 0.0702. The molecule has 0 bridgehead atoms. The first-order valence-electron chi connectivity index (χ1n) is 11.5. The molecule has 0 N–H and O–H groups in total. The summed E-state index contributed by atoms with van der Waals surface area (Å²) in [5, 5.41) is 8.44. The largest absolute Gasteiger partial charge is 0.416 e. The molecule has 5 rings (SSSR count). The normalized spacial score (nSPS) is 16.5. The third-order valence-electron chi connectivity index (χ3n) is 6.52. The minimum Gasteiger partial charge on any atom is -0.416 e. The molecule has 33 heavy (non-hydrogen) atoms. The van der Waals surface area contributed by atoms with E-state index in [1.165, 1.54) is 5.69 Å². The van der Waals surface area contributed by atoms with Crippen molar-refractivity contribution >= 4 is 5.91 Å². The van der Waals surface area contributed by atoms with Crippen molar-refractivity contribution in [2.45, 2.75) is 38.6 Å². The van der Waals surface area contributed by atoms with Gasteiger partial charge < -0.3 is 13.9 Å². The Bertz CT molecular complexity index is 1260. The first-order valence-corrected chi connectivity index (χ1v) is 11.5. The first kappa shape index (κ1) is 21.2. The fourth-order valence-electron chi connectivity index (χ4n) is 4.66. The van der Waals surface area contributed by atoms with Gasteiger partial charge in [-0.25, -0.2) is 0 Å². The average molecular weight is 441 g/mol. The molecular weight excluding hydrogens is 412 g/mol. The Morgan fingerprint density at radius 1 is 0.939 bits per heavy atom. The molecule has 1 saturated heterocycles. The van der Waals surface area contributed by atoms with Gasteiger partial charge in [0.15, 0.2) is 0 Å². The second kappa shape index (κ2) is 9.06. The molecule has 2 aromatic heterocycles. The highest BCUT2D eigenvalue weighted by Gasteiger charge is 2.29. The van der Waals surface area contributed by atoms with Gasteiger partial charge in [0.05, 0.1) is 6.04 Å². The smallest absolute Gasteiger partial charge is 0.254 e. The van der Waals surface area contributed by atoms with E-state index >= 15 is 0 Å². The summed E-state index contributed by atoms with van der Waals surface area (Å²) >= 11 is 0. The molecule has 0 saturated carbocycles. The molecule has 0 radical (unpaired) electrons. The molecule has 3 heterocycles. The Morgan fingerprint density at radius 3 is 2.48 bits per heavy atom. The number of likely N-dealkylation sites (tertiary alicyclic amines) is 1. The van der Waals surface area contributed by atoms with Crippen LogP contribution in [0, 0.1) is 6.92 Å². The van der Waals surface area contributed by atoms with Crippen LogP contribution in [0.2, 0.25) is 0 Å². The highest BCUT2D eigenvalue weighted by atomic mass is 16.4. The third-order valence-corrected chi connectivity index (χ3v) is 6.52. The van der Waals surface area contributed by atoms with Crippen LogP contribution in [0.1, 0.15) is 53.3 Å². The van der Waals surface area contributed by atoms with Crippen LogP contribution < -0.4 is 0 Å². The Kier molecular flexibility index (Phi) is 5.82. The standard InChI is InChI=1S/C27H28N4O2/c1-19-9-5-6-10-22(19)26-29-28-25(33-26)20-13-15-21(16-14-20)27(32)31-18-7-3-4-11-24(31)23-12-8-17-30(23)2/h5-6,8-10,12-17,24H,3-4,7,11,18H2,1-2H3. The van der Waals surface area contributed by atoms with Crippen molar-refractivity contribution in [1.29, 1.82) is 0 Å². The zero-order valence-electron chi connectivity index (χ0n) is 19.1. The number of nitrogens with zero attached hydrogens (tertiary/aromatic N) is 4. The van der Waals surface area contributed by atoms with Crippen LogP contribution in [0.3, 0.4) is 0 Å². The molecule has 0 spiro atoms. The van der Waals surface area contributed by atoms with Crippen LogP contribution in [0.4, 0.5) is 0 Å². The molecule has 1 fully saturated rings. The Labute approximate surface area is 193 Å². The number of hydrogen-bond acceptors (Lipinski definition) is 4. The van der Waals surface area contributed by atoms with Crippen LogP contribution in [0.15, 0.2) is 71.3 Å². The topological polar surface area (TPSA) is 64.2 Å². The first-order chi connectivity index (χ1) is 16.1. The van der Waals surface area contributed by atoms with Crippen molar-refractivity contribution < 1.29 is 9.21 Å². The van der Waals surface area contributed by atoms with E-state index in [1.54, 1.807) is 0 Å². The molecule has 0 aliphatic carbocycles. The quantitative estimate of drug-likeness (QED) is 0.402. The van der Waals surface area contributed by atoms with Gasteiger partial charge in [-0.15, -0.1) is 10.2 Å². The van der Waals surface area contributed by atoms with Crippen molar-refractivity contribution in [2.24, 2.45) is 7.05 Å². The maximum absolute atomic E-state index is 13.5. The highest BCUT2D eigenvalue weighted by Crippen LogP contribution is 2.32. The summed E-state index contributed by atoms with van der Waals surface area (Å²) in [5.41, 5.74) is 4.68. The summed E-state index contributed by atoms with van der Waals surface area (Å²) in [7, 11) is 2.05. The monoisotopic (exact) mass is 440 g/mol. The lowest BCUT2D eigenvalue weighted by Crippen LogP contribution is -2.35. The Balaban J connectivity index is 1.38. The fourth-order valence-corrected chi connectivity index (χ4v) is 4.66. The lowest BCUT2D eigenvalue weighted by Gasteiger charge is -2.30. The van der Waals surface area contributed by atoms with E-state index in [4.69, 9.17) is 4.42 Å². The second-order valence-electron chi connectivity index (χ2n) is 8.71. The number of aryl methyl sites for hydroxylation is 2. The van der Waals surface area contributed by atoms with Crippen molar-refractivity contribution in [2.75, 3.05) is 6.54 Å². The molecule has 2 aromatic carbocycles. The predicted octanol–water partition coefficient (Wildman–Crippen LogP) is 5.81. The van der Waals surface area contributed by atoms with E-state index in [0.29, 0.717) is 17.3 Å².